The van der Waals surface area contributed by atoms with Crippen molar-refractivity contribution >= 4 is 12.1 Å². The largest absolute Gasteiger partial charge is 0.484 e. The number of nitrogens with zero attached hydrogens (tertiary/aromatic N) is 1. The van der Waals surface area contributed by atoms with Gasteiger partial charge in [0.05, 0.1) is 11.8 Å². The number of hydrogen-bond donors (Lipinski definition) is 1. The Labute approximate surface area is 183 Å². The van der Waals surface area contributed by atoms with Crippen LogP contribution in [0.4, 0.5) is 13.2 Å². The number of halogens is 3. The first-order valence-corrected chi connectivity index (χ1v) is 10.1. The predicted octanol–water partition coefficient (Wildman–Crippen LogP) is 6.01. The quantitative estimate of drug-likeness (QED) is 0.342. The van der Waals surface area contributed by atoms with Gasteiger partial charge in [-0.1, -0.05) is 38.1 Å². The van der Waals surface area contributed by atoms with Crippen LogP contribution in [-0.2, 0) is 11.0 Å². The van der Waals surface area contributed by atoms with E-state index in [2.05, 4.69) is 24.4 Å². The molecule has 1 aromatic heterocycles. The molecule has 1 heterocycles. The highest BCUT2D eigenvalue weighted by Gasteiger charge is 2.30. The Hall–Kier alpha value is -3.55. The Morgan fingerprint density at radius 1 is 1.16 bits per heavy atom. The van der Waals surface area contributed by atoms with E-state index in [1.165, 1.54) is 30.0 Å². The standard InChI is InChI=1S/C24H23F3N2O3/c1-3-16(2)17-7-9-20(10-8-17)31-15-23(30)29-28-14-21-11-12-22(32-21)18-5-4-6-19(13-18)24(25,26)27/h4-14,16H,3,15H2,1-2H3,(H,29,30). The molecule has 168 valence electrons. The molecule has 8 heteroatoms. The van der Waals surface area contributed by atoms with Gasteiger partial charge in [0.25, 0.3) is 5.91 Å². The topological polar surface area (TPSA) is 63.8 Å². The number of furan rings is 1. The molecule has 0 spiro atoms. The van der Waals surface area contributed by atoms with Gasteiger partial charge in [-0.05, 0) is 54.3 Å². The van der Waals surface area contributed by atoms with Crippen LogP contribution in [0.25, 0.3) is 11.3 Å². The lowest BCUT2D eigenvalue weighted by Gasteiger charge is -2.10. The summed E-state index contributed by atoms with van der Waals surface area (Å²) >= 11 is 0. The van der Waals surface area contributed by atoms with Gasteiger partial charge in [-0.2, -0.15) is 18.3 Å². The van der Waals surface area contributed by atoms with Crippen molar-refractivity contribution in [2.24, 2.45) is 5.10 Å². The van der Waals surface area contributed by atoms with E-state index in [9.17, 15) is 18.0 Å². The number of rotatable bonds is 8. The molecule has 0 saturated carbocycles. The molecule has 2 aromatic carbocycles. The number of hydrazone groups is 1. The molecule has 3 rings (SSSR count). The van der Waals surface area contributed by atoms with Gasteiger partial charge in [0, 0.05) is 5.56 Å². The second-order valence-corrected chi connectivity index (χ2v) is 7.24. The summed E-state index contributed by atoms with van der Waals surface area (Å²) in [6.45, 7) is 4.05. The van der Waals surface area contributed by atoms with Crippen molar-refractivity contribution in [2.45, 2.75) is 32.4 Å². The zero-order valence-corrected chi connectivity index (χ0v) is 17.6. The maximum Gasteiger partial charge on any atom is 0.416 e. The number of benzene rings is 2. The number of alkyl halides is 3. The highest BCUT2D eigenvalue weighted by atomic mass is 19.4. The van der Waals surface area contributed by atoms with Crippen molar-refractivity contribution in [3.8, 4) is 17.1 Å². The van der Waals surface area contributed by atoms with E-state index in [1.54, 1.807) is 6.07 Å². The first-order valence-electron chi connectivity index (χ1n) is 10.1. The first kappa shape index (κ1) is 23.1. The summed E-state index contributed by atoms with van der Waals surface area (Å²) in [5.74, 6) is 1.11. The summed E-state index contributed by atoms with van der Waals surface area (Å²) in [5, 5.41) is 3.79. The SMILES string of the molecule is CCC(C)c1ccc(OCC(=O)NN=Cc2ccc(-c3cccc(C(F)(F)F)c3)o2)cc1. The Morgan fingerprint density at radius 3 is 2.59 bits per heavy atom. The fourth-order valence-electron chi connectivity index (χ4n) is 2.90. The third-order valence-corrected chi connectivity index (χ3v) is 4.91. The van der Waals surface area contributed by atoms with E-state index >= 15 is 0 Å². The minimum absolute atomic E-state index is 0.215. The van der Waals surface area contributed by atoms with Gasteiger partial charge in [0.1, 0.15) is 17.3 Å². The molecular weight excluding hydrogens is 421 g/mol. The zero-order chi connectivity index (χ0) is 23.1. The number of carbonyl (C=O) groups is 1. The molecular formula is C24H23F3N2O3. The molecule has 0 aliphatic carbocycles. The number of amides is 1. The number of hydrogen-bond acceptors (Lipinski definition) is 4. The second-order valence-electron chi connectivity index (χ2n) is 7.24. The van der Waals surface area contributed by atoms with Gasteiger partial charge >= 0.3 is 6.18 Å². The number of ether oxygens (including phenoxy) is 1. The average molecular weight is 444 g/mol. The normalized spacial score (nSPS) is 12.7. The predicted molar refractivity (Wildman–Crippen MR) is 116 cm³/mol. The van der Waals surface area contributed by atoms with Gasteiger partial charge in [-0.25, -0.2) is 5.43 Å². The Balaban J connectivity index is 1.51. The van der Waals surface area contributed by atoms with Crippen LogP contribution in [-0.4, -0.2) is 18.7 Å². The van der Waals surface area contributed by atoms with Crippen LogP contribution in [0.5, 0.6) is 5.75 Å². The van der Waals surface area contributed by atoms with Crippen LogP contribution in [0.3, 0.4) is 0 Å². The summed E-state index contributed by atoms with van der Waals surface area (Å²) in [6, 6.07) is 15.5. The van der Waals surface area contributed by atoms with E-state index in [-0.39, 0.29) is 23.7 Å². The van der Waals surface area contributed by atoms with Crippen molar-refractivity contribution < 1.29 is 27.1 Å². The molecule has 0 bridgehead atoms. The number of carbonyl (C=O) groups excluding carboxylic acids is 1. The van der Waals surface area contributed by atoms with Gasteiger partial charge in [0.2, 0.25) is 0 Å². The fourth-order valence-corrected chi connectivity index (χ4v) is 2.90. The van der Waals surface area contributed by atoms with E-state index in [1.807, 2.05) is 24.3 Å². The third-order valence-electron chi connectivity index (χ3n) is 4.91. The molecule has 1 amide bonds. The molecule has 5 nitrogen and oxygen atoms in total. The fraction of sp³-hybridized carbons (Fsp3) is 0.250. The smallest absolute Gasteiger partial charge is 0.416 e. The van der Waals surface area contributed by atoms with Crippen LogP contribution < -0.4 is 10.2 Å². The molecule has 1 N–H and O–H groups in total. The molecule has 0 aliphatic heterocycles. The van der Waals surface area contributed by atoms with Crippen LogP contribution in [0, 0.1) is 0 Å². The van der Waals surface area contributed by atoms with E-state index in [0.29, 0.717) is 11.7 Å². The second kappa shape index (κ2) is 10.2. The van der Waals surface area contributed by atoms with Crippen LogP contribution in [0.15, 0.2) is 70.2 Å². The van der Waals surface area contributed by atoms with Crippen LogP contribution in [0.2, 0.25) is 0 Å². The molecule has 1 unspecified atom stereocenters. The molecule has 32 heavy (non-hydrogen) atoms. The van der Waals surface area contributed by atoms with E-state index < -0.39 is 17.6 Å². The van der Waals surface area contributed by atoms with Crippen molar-refractivity contribution in [3.05, 3.63) is 77.6 Å². The lowest BCUT2D eigenvalue weighted by molar-refractivity contribution is -0.137. The monoisotopic (exact) mass is 444 g/mol. The summed E-state index contributed by atoms with van der Waals surface area (Å²) in [5.41, 5.74) is 3.05. The minimum Gasteiger partial charge on any atom is -0.484 e. The van der Waals surface area contributed by atoms with E-state index in [4.69, 9.17) is 9.15 Å². The molecule has 0 radical (unpaired) electrons. The lowest BCUT2D eigenvalue weighted by atomic mass is 9.99. The van der Waals surface area contributed by atoms with Gasteiger partial charge in [0.15, 0.2) is 6.61 Å². The Bertz CT molecular complexity index is 1070. The Morgan fingerprint density at radius 2 is 1.91 bits per heavy atom. The van der Waals surface area contributed by atoms with Gasteiger partial charge in [-0.3, -0.25) is 4.79 Å². The summed E-state index contributed by atoms with van der Waals surface area (Å²) in [7, 11) is 0. The highest BCUT2D eigenvalue weighted by molar-refractivity contribution is 5.81. The molecule has 0 fully saturated rings. The van der Waals surface area contributed by atoms with Crippen LogP contribution >= 0.6 is 0 Å². The summed E-state index contributed by atoms with van der Waals surface area (Å²) < 4.78 is 49.5. The Kier molecular flexibility index (Phi) is 7.35. The van der Waals surface area contributed by atoms with E-state index in [0.717, 1.165) is 18.6 Å². The molecule has 3 aromatic rings. The third kappa shape index (κ3) is 6.23. The van der Waals surface area contributed by atoms with Gasteiger partial charge in [-0.15, -0.1) is 0 Å². The lowest BCUT2D eigenvalue weighted by Crippen LogP contribution is -2.24. The maximum absolute atomic E-state index is 12.9. The van der Waals surface area contributed by atoms with Gasteiger partial charge < -0.3 is 9.15 Å². The minimum atomic E-state index is -4.44. The van der Waals surface area contributed by atoms with Crippen molar-refractivity contribution in [1.29, 1.82) is 0 Å². The maximum atomic E-state index is 12.9. The molecule has 0 saturated heterocycles. The zero-order valence-electron chi connectivity index (χ0n) is 17.6. The highest BCUT2D eigenvalue weighted by Crippen LogP contribution is 2.32. The summed E-state index contributed by atoms with van der Waals surface area (Å²) in [6.07, 6.45) is -2.14. The molecule has 1 atom stereocenters. The summed E-state index contributed by atoms with van der Waals surface area (Å²) in [4.78, 5) is 11.9. The first-order chi connectivity index (χ1) is 15.3. The van der Waals surface area contributed by atoms with Crippen molar-refractivity contribution in [2.75, 3.05) is 6.61 Å². The number of nitrogens with one attached hydrogen (secondary N) is 1. The average Bonchev–Trinajstić information content (AvgIpc) is 3.26. The van der Waals surface area contributed by atoms with Crippen molar-refractivity contribution in [3.63, 3.8) is 0 Å². The van der Waals surface area contributed by atoms with Crippen molar-refractivity contribution in [1.82, 2.24) is 5.43 Å². The van der Waals surface area contributed by atoms with Crippen LogP contribution in [0.1, 0.15) is 43.1 Å². The molecule has 0 aliphatic rings.